The van der Waals surface area contributed by atoms with Crippen LogP contribution in [0.5, 0.6) is 0 Å². The molecule has 5 unspecified atom stereocenters. The zero-order chi connectivity index (χ0) is 17.3. The van der Waals surface area contributed by atoms with E-state index in [1.807, 2.05) is 0 Å². The van der Waals surface area contributed by atoms with Crippen molar-refractivity contribution >= 4 is 0 Å². The van der Waals surface area contributed by atoms with Gasteiger partial charge in [0.2, 0.25) is 0 Å². The van der Waals surface area contributed by atoms with Gasteiger partial charge >= 0.3 is 0 Å². The second kappa shape index (κ2) is 7.53. The van der Waals surface area contributed by atoms with Gasteiger partial charge in [0.05, 0.1) is 5.92 Å². The van der Waals surface area contributed by atoms with Crippen LogP contribution in [0.4, 0.5) is 17.6 Å². The van der Waals surface area contributed by atoms with Crippen LogP contribution in [0.15, 0.2) is 0 Å². The molecule has 0 N–H and O–H groups in total. The van der Waals surface area contributed by atoms with Gasteiger partial charge in [-0.1, -0.05) is 45.4 Å². The number of hydrogen-bond acceptors (Lipinski definition) is 0. The van der Waals surface area contributed by atoms with Crippen molar-refractivity contribution in [1.82, 2.24) is 0 Å². The van der Waals surface area contributed by atoms with E-state index in [-0.39, 0.29) is 18.3 Å². The van der Waals surface area contributed by atoms with Gasteiger partial charge in [0, 0.05) is 5.92 Å². The highest BCUT2D eigenvalue weighted by Crippen LogP contribution is 2.59. The van der Waals surface area contributed by atoms with Crippen molar-refractivity contribution in [2.45, 2.75) is 95.8 Å². The summed E-state index contributed by atoms with van der Waals surface area (Å²) in [5, 5.41) is 0. The SMILES string of the molecule is CCCCCC1CCC(C2CC3CCC(F)C(F)C3C2(F)F)CC1. The molecule has 140 valence electrons. The smallest absolute Gasteiger partial charge is 0.244 e. The normalized spacial score (nSPS) is 45.1. The predicted molar refractivity (Wildman–Crippen MR) is 88.7 cm³/mol. The van der Waals surface area contributed by atoms with E-state index >= 15 is 0 Å². The van der Waals surface area contributed by atoms with Crippen LogP contribution in [-0.4, -0.2) is 18.3 Å². The molecule has 3 fully saturated rings. The van der Waals surface area contributed by atoms with Gasteiger partial charge in [-0.25, -0.2) is 17.6 Å². The quantitative estimate of drug-likeness (QED) is 0.382. The van der Waals surface area contributed by atoms with Gasteiger partial charge in [-0.3, -0.25) is 0 Å². The van der Waals surface area contributed by atoms with Crippen molar-refractivity contribution in [3.8, 4) is 0 Å². The molecular formula is C20H32F4. The molecule has 0 spiro atoms. The van der Waals surface area contributed by atoms with Gasteiger partial charge in [-0.2, -0.15) is 0 Å². The lowest BCUT2D eigenvalue weighted by atomic mass is 9.72. The Morgan fingerprint density at radius 2 is 1.54 bits per heavy atom. The Hall–Kier alpha value is -0.280. The largest absolute Gasteiger partial charge is 0.257 e. The topological polar surface area (TPSA) is 0 Å². The van der Waals surface area contributed by atoms with E-state index in [9.17, 15) is 17.6 Å². The van der Waals surface area contributed by atoms with Gasteiger partial charge < -0.3 is 0 Å². The summed E-state index contributed by atoms with van der Waals surface area (Å²) in [5.74, 6) is -4.71. The molecule has 3 aliphatic rings. The second-order valence-electron chi connectivity index (χ2n) is 8.62. The Morgan fingerprint density at radius 3 is 2.21 bits per heavy atom. The lowest BCUT2D eigenvalue weighted by Gasteiger charge is -2.37. The molecule has 0 aromatic heterocycles. The molecule has 4 heteroatoms. The zero-order valence-electron chi connectivity index (χ0n) is 14.8. The zero-order valence-corrected chi connectivity index (χ0v) is 14.8. The van der Waals surface area contributed by atoms with Crippen molar-refractivity contribution in [3.63, 3.8) is 0 Å². The summed E-state index contributed by atoms with van der Waals surface area (Å²) in [6.07, 6.45) is 6.05. The molecule has 0 aromatic rings. The number of rotatable bonds is 5. The lowest BCUT2D eigenvalue weighted by Crippen LogP contribution is -2.45. The number of hydrogen-bond donors (Lipinski definition) is 0. The van der Waals surface area contributed by atoms with Crippen molar-refractivity contribution in [1.29, 1.82) is 0 Å². The van der Waals surface area contributed by atoms with Crippen molar-refractivity contribution in [2.24, 2.45) is 29.6 Å². The van der Waals surface area contributed by atoms with E-state index in [0.29, 0.717) is 18.8 Å². The van der Waals surface area contributed by atoms with Crippen LogP contribution in [0.1, 0.15) is 77.6 Å². The number of alkyl halides is 4. The van der Waals surface area contributed by atoms with Crippen LogP contribution in [0.2, 0.25) is 0 Å². The monoisotopic (exact) mass is 348 g/mol. The van der Waals surface area contributed by atoms with Crippen molar-refractivity contribution in [2.75, 3.05) is 0 Å². The van der Waals surface area contributed by atoms with Crippen LogP contribution < -0.4 is 0 Å². The van der Waals surface area contributed by atoms with E-state index in [2.05, 4.69) is 6.92 Å². The highest BCUT2D eigenvalue weighted by Gasteiger charge is 2.64. The first-order chi connectivity index (χ1) is 11.4. The lowest BCUT2D eigenvalue weighted by molar-refractivity contribution is -0.139. The molecule has 0 heterocycles. The predicted octanol–water partition coefficient (Wildman–Crippen LogP) is 6.73. The average molecular weight is 348 g/mol. The first kappa shape index (κ1) is 18.5. The Labute approximate surface area is 143 Å². The molecule has 0 bridgehead atoms. The average Bonchev–Trinajstić information content (AvgIpc) is 2.83. The third-order valence-electron chi connectivity index (χ3n) is 7.18. The van der Waals surface area contributed by atoms with E-state index in [0.717, 1.165) is 25.7 Å². The first-order valence-corrected chi connectivity index (χ1v) is 10.1. The summed E-state index contributed by atoms with van der Waals surface area (Å²) in [4.78, 5) is 0. The highest BCUT2D eigenvalue weighted by molar-refractivity contribution is 5.06. The van der Waals surface area contributed by atoms with Gasteiger partial charge in [-0.15, -0.1) is 0 Å². The summed E-state index contributed by atoms with van der Waals surface area (Å²) in [5.41, 5.74) is 0. The number of fused-ring (bicyclic) bond motifs is 1. The number of halogens is 4. The van der Waals surface area contributed by atoms with Crippen LogP contribution in [0.25, 0.3) is 0 Å². The van der Waals surface area contributed by atoms with Gasteiger partial charge in [0.25, 0.3) is 5.92 Å². The maximum atomic E-state index is 14.9. The molecule has 0 aromatic carbocycles. The van der Waals surface area contributed by atoms with Crippen molar-refractivity contribution in [3.05, 3.63) is 0 Å². The Morgan fingerprint density at radius 1 is 0.875 bits per heavy atom. The molecule has 0 radical (unpaired) electrons. The summed E-state index contributed by atoms with van der Waals surface area (Å²) < 4.78 is 57.6. The molecule has 0 aliphatic heterocycles. The van der Waals surface area contributed by atoms with Gasteiger partial charge in [0.15, 0.2) is 0 Å². The minimum Gasteiger partial charge on any atom is -0.244 e. The Bertz CT molecular complexity index is 402. The molecule has 3 rings (SSSR count). The van der Waals surface area contributed by atoms with E-state index in [4.69, 9.17) is 0 Å². The standard InChI is InChI=1S/C20H32F4/c1-2-3-4-5-13-6-8-14(9-7-13)16-12-15-10-11-17(21)19(22)18(15)20(16,23)24/h13-19H,2-12H2,1H3. The summed E-state index contributed by atoms with van der Waals surface area (Å²) in [6.45, 7) is 2.19. The highest BCUT2D eigenvalue weighted by atomic mass is 19.3. The molecule has 0 saturated heterocycles. The van der Waals surface area contributed by atoms with Gasteiger partial charge in [-0.05, 0) is 49.9 Å². The first-order valence-electron chi connectivity index (χ1n) is 10.1. The fourth-order valence-electron chi connectivity index (χ4n) is 5.79. The summed E-state index contributed by atoms with van der Waals surface area (Å²) in [7, 11) is 0. The Balaban J connectivity index is 1.58. The molecule has 0 nitrogen and oxygen atoms in total. The minimum atomic E-state index is -3.02. The van der Waals surface area contributed by atoms with Crippen LogP contribution in [0.3, 0.4) is 0 Å². The summed E-state index contributed by atoms with van der Waals surface area (Å²) in [6, 6.07) is 0. The fraction of sp³-hybridized carbons (Fsp3) is 1.00. The minimum absolute atomic E-state index is 0.0123. The van der Waals surface area contributed by atoms with Crippen LogP contribution in [-0.2, 0) is 0 Å². The molecule has 0 amide bonds. The third kappa shape index (κ3) is 3.49. The molecule has 24 heavy (non-hydrogen) atoms. The Kier molecular flexibility index (Phi) is 5.81. The van der Waals surface area contributed by atoms with Crippen molar-refractivity contribution < 1.29 is 17.6 Å². The van der Waals surface area contributed by atoms with Crippen LogP contribution in [0, 0.1) is 29.6 Å². The number of unbranched alkanes of at least 4 members (excludes halogenated alkanes) is 2. The third-order valence-corrected chi connectivity index (χ3v) is 7.18. The van der Waals surface area contributed by atoms with Gasteiger partial charge in [0.1, 0.15) is 12.3 Å². The molecule has 3 saturated carbocycles. The molecule has 5 atom stereocenters. The maximum absolute atomic E-state index is 14.9. The molecular weight excluding hydrogens is 316 g/mol. The van der Waals surface area contributed by atoms with E-state index in [1.165, 1.54) is 25.7 Å². The fourth-order valence-corrected chi connectivity index (χ4v) is 5.79. The van der Waals surface area contributed by atoms with E-state index in [1.54, 1.807) is 0 Å². The van der Waals surface area contributed by atoms with Crippen LogP contribution >= 0.6 is 0 Å². The summed E-state index contributed by atoms with van der Waals surface area (Å²) >= 11 is 0. The van der Waals surface area contributed by atoms with E-state index < -0.39 is 30.1 Å². The maximum Gasteiger partial charge on any atom is 0.257 e. The molecule has 3 aliphatic carbocycles. The second-order valence-corrected chi connectivity index (χ2v) is 8.62.